The van der Waals surface area contributed by atoms with Crippen LogP contribution in [-0.4, -0.2) is 33.2 Å². The number of hydrogen-bond acceptors (Lipinski definition) is 4. The number of anilines is 2. The van der Waals surface area contributed by atoms with Gasteiger partial charge in [0.25, 0.3) is 0 Å². The van der Waals surface area contributed by atoms with Gasteiger partial charge in [-0.3, -0.25) is 0 Å². The molecule has 1 aromatic carbocycles. The van der Waals surface area contributed by atoms with E-state index in [1.807, 2.05) is 32.3 Å². The lowest BCUT2D eigenvalue weighted by Crippen LogP contribution is -2.15. The zero-order valence-electron chi connectivity index (χ0n) is 12.1. The van der Waals surface area contributed by atoms with E-state index in [1.165, 1.54) is 5.56 Å². The molecule has 104 valence electrons. The van der Waals surface area contributed by atoms with Crippen LogP contribution in [-0.2, 0) is 9.53 Å². The van der Waals surface area contributed by atoms with Crippen LogP contribution in [0.3, 0.4) is 0 Å². The quantitative estimate of drug-likeness (QED) is 0.632. The highest BCUT2D eigenvalue weighted by Gasteiger charge is 2.08. The fraction of sp³-hybridized carbons (Fsp3) is 0.400. The number of nitrogens with zero attached hydrogens (tertiary/aromatic N) is 1. The third-order valence-corrected chi connectivity index (χ3v) is 2.76. The fourth-order valence-corrected chi connectivity index (χ4v) is 1.72. The SMILES string of the molecule is C=C(CNc1ccc(C)c(N(C)C)c1)C(=O)OCC. The van der Waals surface area contributed by atoms with E-state index in [0.29, 0.717) is 18.7 Å². The number of carbonyl (C=O) groups is 1. The van der Waals surface area contributed by atoms with Crippen molar-refractivity contribution in [3.8, 4) is 0 Å². The molecule has 1 N–H and O–H groups in total. The van der Waals surface area contributed by atoms with Gasteiger partial charge >= 0.3 is 5.97 Å². The number of ether oxygens (including phenoxy) is 1. The number of hydrogen-bond donors (Lipinski definition) is 1. The van der Waals surface area contributed by atoms with Gasteiger partial charge < -0.3 is 15.0 Å². The molecule has 4 heteroatoms. The van der Waals surface area contributed by atoms with Gasteiger partial charge in [-0.25, -0.2) is 4.79 Å². The monoisotopic (exact) mass is 262 g/mol. The molecule has 0 bridgehead atoms. The predicted octanol–water partition coefficient (Wildman–Crippen LogP) is 2.59. The van der Waals surface area contributed by atoms with Gasteiger partial charge in [0.15, 0.2) is 0 Å². The minimum atomic E-state index is -0.352. The lowest BCUT2D eigenvalue weighted by atomic mass is 10.1. The molecule has 0 spiro atoms. The Kier molecular flexibility index (Phi) is 5.42. The predicted molar refractivity (Wildman–Crippen MR) is 79.8 cm³/mol. The van der Waals surface area contributed by atoms with Crippen LogP contribution in [0.25, 0.3) is 0 Å². The van der Waals surface area contributed by atoms with E-state index in [9.17, 15) is 4.79 Å². The largest absolute Gasteiger partial charge is 0.463 e. The van der Waals surface area contributed by atoms with Crippen molar-refractivity contribution in [1.29, 1.82) is 0 Å². The van der Waals surface area contributed by atoms with E-state index in [1.54, 1.807) is 6.92 Å². The van der Waals surface area contributed by atoms with E-state index in [4.69, 9.17) is 4.74 Å². The minimum Gasteiger partial charge on any atom is -0.463 e. The Morgan fingerprint density at radius 3 is 2.68 bits per heavy atom. The molecule has 19 heavy (non-hydrogen) atoms. The molecule has 1 aromatic rings. The maximum absolute atomic E-state index is 11.4. The highest BCUT2D eigenvalue weighted by atomic mass is 16.5. The summed E-state index contributed by atoms with van der Waals surface area (Å²) in [5.74, 6) is -0.352. The third-order valence-electron chi connectivity index (χ3n) is 2.76. The van der Waals surface area contributed by atoms with Crippen molar-refractivity contribution < 1.29 is 9.53 Å². The Morgan fingerprint density at radius 2 is 2.11 bits per heavy atom. The lowest BCUT2D eigenvalue weighted by molar-refractivity contribution is -0.138. The minimum absolute atomic E-state index is 0.352. The average molecular weight is 262 g/mol. The van der Waals surface area contributed by atoms with Crippen molar-refractivity contribution in [1.82, 2.24) is 0 Å². The lowest BCUT2D eigenvalue weighted by Gasteiger charge is -2.17. The molecule has 0 aliphatic rings. The van der Waals surface area contributed by atoms with Crippen LogP contribution in [0.1, 0.15) is 12.5 Å². The molecule has 0 unspecified atom stereocenters. The number of nitrogens with one attached hydrogen (secondary N) is 1. The van der Waals surface area contributed by atoms with Crippen LogP contribution in [0.5, 0.6) is 0 Å². The van der Waals surface area contributed by atoms with Gasteiger partial charge in [0.05, 0.1) is 6.61 Å². The first-order valence-corrected chi connectivity index (χ1v) is 6.32. The standard InChI is InChI=1S/C15H22N2O2/c1-6-19-15(18)12(3)10-16-13-8-7-11(2)14(9-13)17(4)5/h7-9,16H,3,6,10H2,1-2,4-5H3. The van der Waals surface area contributed by atoms with Gasteiger partial charge in [0.1, 0.15) is 0 Å². The van der Waals surface area contributed by atoms with E-state index in [2.05, 4.69) is 23.7 Å². The van der Waals surface area contributed by atoms with Crippen LogP contribution >= 0.6 is 0 Å². The van der Waals surface area contributed by atoms with Gasteiger partial charge in [-0.2, -0.15) is 0 Å². The molecular weight excluding hydrogens is 240 g/mol. The van der Waals surface area contributed by atoms with Crippen LogP contribution < -0.4 is 10.2 Å². The third kappa shape index (κ3) is 4.32. The van der Waals surface area contributed by atoms with Gasteiger partial charge in [0.2, 0.25) is 0 Å². The number of aryl methyl sites for hydroxylation is 1. The molecule has 0 aliphatic heterocycles. The molecule has 0 radical (unpaired) electrons. The zero-order chi connectivity index (χ0) is 14.4. The maximum Gasteiger partial charge on any atom is 0.335 e. The molecule has 0 heterocycles. The molecule has 0 fully saturated rings. The number of rotatable bonds is 6. The van der Waals surface area contributed by atoms with Crippen molar-refractivity contribution in [3.05, 3.63) is 35.9 Å². The van der Waals surface area contributed by atoms with Crippen molar-refractivity contribution in [3.63, 3.8) is 0 Å². The molecule has 0 amide bonds. The van der Waals surface area contributed by atoms with Gasteiger partial charge in [-0.15, -0.1) is 0 Å². The number of esters is 1. The Bertz CT molecular complexity index is 467. The summed E-state index contributed by atoms with van der Waals surface area (Å²) in [7, 11) is 4.01. The first-order chi connectivity index (χ1) is 8.95. The molecule has 4 nitrogen and oxygen atoms in total. The van der Waals surface area contributed by atoms with Crippen molar-refractivity contribution >= 4 is 17.3 Å². The summed E-state index contributed by atoms with van der Waals surface area (Å²) < 4.78 is 4.89. The van der Waals surface area contributed by atoms with Gasteiger partial charge in [0, 0.05) is 37.6 Å². The molecule has 0 aromatic heterocycles. The maximum atomic E-state index is 11.4. The van der Waals surface area contributed by atoms with Gasteiger partial charge in [-0.05, 0) is 31.5 Å². The van der Waals surface area contributed by atoms with E-state index in [0.717, 1.165) is 11.4 Å². The van der Waals surface area contributed by atoms with Crippen molar-refractivity contribution in [2.24, 2.45) is 0 Å². The fourth-order valence-electron chi connectivity index (χ4n) is 1.72. The van der Waals surface area contributed by atoms with E-state index >= 15 is 0 Å². The van der Waals surface area contributed by atoms with E-state index < -0.39 is 0 Å². The van der Waals surface area contributed by atoms with E-state index in [-0.39, 0.29) is 5.97 Å². The normalized spacial score (nSPS) is 9.89. The summed E-state index contributed by atoms with van der Waals surface area (Å²) in [6.45, 7) is 8.31. The second-order valence-electron chi connectivity index (χ2n) is 4.57. The summed E-state index contributed by atoms with van der Waals surface area (Å²) in [6, 6.07) is 6.08. The molecule has 0 atom stereocenters. The second kappa shape index (κ2) is 6.83. The molecule has 0 aliphatic carbocycles. The Hall–Kier alpha value is -1.97. The molecule has 0 saturated carbocycles. The molecular formula is C15H22N2O2. The Morgan fingerprint density at radius 1 is 1.42 bits per heavy atom. The van der Waals surface area contributed by atoms with Crippen LogP contribution in [0, 0.1) is 6.92 Å². The molecule has 1 rings (SSSR count). The van der Waals surface area contributed by atoms with Gasteiger partial charge in [-0.1, -0.05) is 12.6 Å². The number of benzene rings is 1. The Labute approximate surface area is 115 Å². The second-order valence-corrected chi connectivity index (χ2v) is 4.57. The number of carbonyl (C=O) groups excluding carboxylic acids is 1. The first-order valence-electron chi connectivity index (χ1n) is 6.32. The van der Waals surface area contributed by atoms with Crippen LogP contribution in [0.2, 0.25) is 0 Å². The highest BCUT2D eigenvalue weighted by Crippen LogP contribution is 2.22. The average Bonchev–Trinajstić information content (AvgIpc) is 2.37. The smallest absolute Gasteiger partial charge is 0.335 e. The topological polar surface area (TPSA) is 41.6 Å². The zero-order valence-corrected chi connectivity index (χ0v) is 12.1. The summed E-state index contributed by atoms with van der Waals surface area (Å²) in [4.78, 5) is 13.5. The van der Waals surface area contributed by atoms with Crippen molar-refractivity contribution in [2.45, 2.75) is 13.8 Å². The summed E-state index contributed by atoms with van der Waals surface area (Å²) in [6.07, 6.45) is 0. The summed E-state index contributed by atoms with van der Waals surface area (Å²) >= 11 is 0. The summed E-state index contributed by atoms with van der Waals surface area (Å²) in [5.41, 5.74) is 3.74. The summed E-state index contributed by atoms with van der Waals surface area (Å²) in [5, 5.41) is 3.18. The van der Waals surface area contributed by atoms with Crippen LogP contribution in [0.4, 0.5) is 11.4 Å². The first kappa shape index (κ1) is 15.1. The van der Waals surface area contributed by atoms with Crippen LogP contribution in [0.15, 0.2) is 30.4 Å². The Balaban J connectivity index is 2.66. The highest BCUT2D eigenvalue weighted by molar-refractivity contribution is 5.88. The van der Waals surface area contributed by atoms with Crippen molar-refractivity contribution in [2.75, 3.05) is 37.5 Å². The molecule has 0 saturated heterocycles.